The van der Waals surface area contributed by atoms with Gasteiger partial charge in [-0.25, -0.2) is 0 Å². The summed E-state index contributed by atoms with van der Waals surface area (Å²) in [5.74, 6) is 0.800. The van der Waals surface area contributed by atoms with Crippen LogP contribution in [0.1, 0.15) is 27.0 Å². The van der Waals surface area contributed by atoms with Gasteiger partial charge in [-0.1, -0.05) is 10.6 Å². The molecule has 0 bridgehead atoms. The van der Waals surface area contributed by atoms with Crippen LogP contribution in [0.4, 0.5) is 0 Å². The summed E-state index contributed by atoms with van der Waals surface area (Å²) >= 11 is 1.02. The van der Waals surface area contributed by atoms with E-state index in [-0.39, 0.29) is 12.5 Å². The molecule has 0 radical (unpaired) electrons. The average Bonchev–Trinajstić information content (AvgIpc) is 2.97. The van der Waals surface area contributed by atoms with Gasteiger partial charge in [-0.15, -0.1) is 5.10 Å². The van der Waals surface area contributed by atoms with Crippen molar-refractivity contribution in [3.05, 3.63) is 34.3 Å². The number of nitrogens with one attached hydrogen (secondary N) is 1. The zero-order chi connectivity index (χ0) is 16.1. The number of aromatic nitrogens is 2. The highest BCUT2D eigenvalue weighted by molar-refractivity contribution is 7.07. The highest BCUT2D eigenvalue weighted by atomic mass is 32.1. The number of hydrogen-bond acceptors (Lipinski definition) is 7. The van der Waals surface area contributed by atoms with Crippen LogP contribution >= 0.6 is 11.5 Å². The van der Waals surface area contributed by atoms with Crippen LogP contribution in [0.3, 0.4) is 0 Å². The highest BCUT2D eigenvalue weighted by Gasteiger charge is 2.16. The summed E-state index contributed by atoms with van der Waals surface area (Å²) in [6.45, 7) is 1.79. The van der Waals surface area contributed by atoms with E-state index >= 15 is 0 Å². The highest BCUT2D eigenvalue weighted by Crippen LogP contribution is 2.29. The molecular formula is C14H17N3O4S. The van der Waals surface area contributed by atoms with Gasteiger partial charge in [-0.3, -0.25) is 4.79 Å². The minimum atomic E-state index is -0.857. The summed E-state index contributed by atoms with van der Waals surface area (Å²) in [4.78, 5) is 12.4. The molecule has 1 heterocycles. The lowest BCUT2D eigenvalue weighted by atomic mass is 10.1. The van der Waals surface area contributed by atoms with E-state index < -0.39 is 6.10 Å². The van der Waals surface area contributed by atoms with Gasteiger partial charge in [0.05, 0.1) is 26.0 Å². The third-order valence-electron chi connectivity index (χ3n) is 3.11. The first-order chi connectivity index (χ1) is 10.6. The van der Waals surface area contributed by atoms with Gasteiger partial charge in [0, 0.05) is 6.54 Å². The zero-order valence-electron chi connectivity index (χ0n) is 12.5. The van der Waals surface area contributed by atoms with Crippen molar-refractivity contribution in [2.75, 3.05) is 20.8 Å². The summed E-state index contributed by atoms with van der Waals surface area (Å²) in [7, 11) is 3.06. The maximum Gasteiger partial charge on any atom is 0.265 e. The van der Waals surface area contributed by atoms with Crippen molar-refractivity contribution in [2.24, 2.45) is 0 Å². The summed E-state index contributed by atoms with van der Waals surface area (Å²) in [6, 6.07) is 5.10. The molecule has 0 saturated heterocycles. The number of aliphatic hydroxyl groups is 1. The van der Waals surface area contributed by atoms with Gasteiger partial charge in [0.15, 0.2) is 11.5 Å². The first-order valence-corrected chi connectivity index (χ1v) is 7.31. The van der Waals surface area contributed by atoms with Crippen molar-refractivity contribution in [3.63, 3.8) is 0 Å². The van der Waals surface area contributed by atoms with E-state index in [0.29, 0.717) is 27.6 Å². The molecule has 1 aromatic heterocycles. The quantitative estimate of drug-likeness (QED) is 0.833. The summed E-state index contributed by atoms with van der Waals surface area (Å²) in [5.41, 5.74) is 1.19. The zero-order valence-corrected chi connectivity index (χ0v) is 13.3. The number of rotatable bonds is 6. The van der Waals surface area contributed by atoms with E-state index in [1.807, 2.05) is 0 Å². The molecule has 1 atom stereocenters. The molecule has 118 valence electrons. The van der Waals surface area contributed by atoms with Gasteiger partial charge in [-0.2, -0.15) is 0 Å². The van der Waals surface area contributed by atoms with Crippen LogP contribution in [-0.2, 0) is 0 Å². The lowest BCUT2D eigenvalue weighted by molar-refractivity contribution is 0.0919. The fraction of sp³-hybridized carbons (Fsp3) is 0.357. The Kier molecular flexibility index (Phi) is 5.29. The van der Waals surface area contributed by atoms with Crippen LogP contribution in [0.15, 0.2) is 18.2 Å². The second-order valence-corrected chi connectivity index (χ2v) is 5.28. The number of ether oxygens (including phenoxy) is 2. The number of benzene rings is 1. The monoisotopic (exact) mass is 323 g/mol. The van der Waals surface area contributed by atoms with E-state index in [4.69, 9.17) is 9.47 Å². The third-order valence-corrected chi connectivity index (χ3v) is 3.93. The number of carbonyl (C=O) groups is 1. The van der Waals surface area contributed by atoms with E-state index in [1.54, 1.807) is 32.2 Å². The minimum absolute atomic E-state index is 0.0751. The maximum absolute atomic E-state index is 11.9. The van der Waals surface area contributed by atoms with Crippen molar-refractivity contribution >= 4 is 17.4 Å². The maximum atomic E-state index is 11.9. The number of aryl methyl sites for hydroxylation is 1. The molecule has 0 spiro atoms. The SMILES string of the molecule is COc1ccc(C(O)CNC(=O)c2snnc2C)cc1OC. The average molecular weight is 323 g/mol. The van der Waals surface area contributed by atoms with Crippen LogP contribution < -0.4 is 14.8 Å². The van der Waals surface area contributed by atoms with Crippen LogP contribution in [0.2, 0.25) is 0 Å². The molecule has 2 N–H and O–H groups in total. The Labute approximate surface area is 132 Å². The number of amides is 1. The van der Waals surface area contributed by atoms with Crippen molar-refractivity contribution in [2.45, 2.75) is 13.0 Å². The number of hydrogen-bond donors (Lipinski definition) is 2. The van der Waals surface area contributed by atoms with Crippen LogP contribution in [-0.4, -0.2) is 41.4 Å². The fourth-order valence-corrected chi connectivity index (χ4v) is 2.46. The third kappa shape index (κ3) is 3.52. The van der Waals surface area contributed by atoms with Gasteiger partial charge in [0.25, 0.3) is 5.91 Å². The van der Waals surface area contributed by atoms with Crippen LogP contribution in [0, 0.1) is 6.92 Å². The lowest BCUT2D eigenvalue weighted by Crippen LogP contribution is -2.28. The number of nitrogens with zero attached hydrogens (tertiary/aromatic N) is 2. The second-order valence-electron chi connectivity index (χ2n) is 4.53. The summed E-state index contributed by atoms with van der Waals surface area (Å²) in [6.07, 6.45) is -0.857. The number of methoxy groups -OCH3 is 2. The molecule has 2 rings (SSSR count). The molecule has 7 nitrogen and oxygen atoms in total. The molecule has 1 aromatic carbocycles. The molecule has 1 unspecified atom stereocenters. The van der Waals surface area contributed by atoms with Crippen molar-refractivity contribution in [1.29, 1.82) is 0 Å². The van der Waals surface area contributed by atoms with Crippen molar-refractivity contribution < 1.29 is 19.4 Å². The summed E-state index contributed by atoms with van der Waals surface area (Å²) in [5, 5.41) is 16.6. The Balaban J connectivity index is 2.02. The Morgan fingerprint density at radius 3 is 2.68 bits per heavy atom. The van der Waals surface area contributed by atoms with Gasteiger partial charge in [0.1, 0.15) is 4.88 Å². The Morgan fingerprint density at radius 1 is 1.36 bits per heavy atom. The normalized spacial score (nSPS) is 11.8. The van der Waals surface area contributed by atoms with Crippen molar-refractivity contribution in [3.8, 4) is 11.5 Å². The van der Waals surface area contributed by atoms with Crippen LogP contribution in [0.5, 0.6) is 11.5 Å². The molecule has 0 aliphatic carbocycles. The second kappa shape index (κ2) is 7.19. The van der Waals surface area contributed by atoms with Crippen molar-refractivity contribution in [1.82, 2.24) is 14.9 Å². The molecule has 8 heteroatoms. The molecule has 22 heavy (non-hydrogen) atoms. The first kappa shape index (κ1) is 16.2. The predicted molar refractivity (Wildman–Crippen MR) is 81.5 cm³/mol. The Bertz CT molecular complexity index is 659. The first-order valence-electron chi connectivity index (χ1n) is 6.54. The van der Waals surface area contributed by atoms with E-state index in [9.17, 15) is 9.90 Å². The van der Waals surface area contributed by atoms with E-state index in [0.717, 1.165) is 11.5 Å². The largest absolute Gasteiger partial charge is 0.493 e. The molecule has 0 fully saturated rings. The topological polar surface area (TPSA) is 93.6 Å². The van der Waals surface area contributed by atoms with E-state index in [1.165, 1.54) is 7.11 Å². The molecule has 1 amide bonds. The van der Waals surface area contributed by atoms with Crippen LogP contribution in [0.25, 0.3) is 0 Å². The summed E-state index contributed by atoms with van der Waals surface area (Å²) < 4.78 is 14.0. The fourth-order valence-electron chi connectivity index (χ4n) is 1.89. The Morgan fingerprint density at radius 2 is 2.09 bits per heavy atom. The van der Waals surface area contributed by atoms with Gasteiger partial charge >= 0.3 is 0 Å². The van der Waals surface area contributed by atoms with Gasteiger partial charge < -0.3 is 19.9 Å². The molecule has 0 aliphatic rings. The lowest BCUT2D eigenvalue weighted by Gasteiger charge is -2.14. The van der Waals surface area contributed by atoms with E-state index in [2.05, 4.69) is 14.9 Å². The molecular weight excluding hydrogens is 306 g/mol. The molecule has 0 saturated carbocycles. The Hall–Kier alpha value is -2.19. The minimum Gasteiger partial charge on any atom is -0.493 e. The number of carbonyl (C=O) groups excluding carboxylic acids is 1. The molecule has 2 aromatic rings. The standard InChI is InChI=1S/C14H17N3O4S/c1-8-13(22-17-16-8)14(19)15-7-10(18)9-4-5-11(20-2)12(6-9)21-3/h4-6,10,18H,7H2,1-3H3,(H,15,19). The predicted octanol–water partition coefficient (Wildman–Crippen LogP) is 1.33. The van der Waals surface area contributed by atoms with Gasteiger partial charge in [0.2, 0.25) is 0 Å². The smallest absolute Gasteiger partial charge is 0.265 e. The van der Waals surface area contributed by atoms with Gasteiger partial charge in [-0.05, 0) is 36.2 Å². The number of aliphatic hydroxyl groups excluding tert-OH is 1. The molecule has 0 aliphatic heterocycles.